The highest BCUT2D eigenvalue weighted by Gasteiger charge is 2.26. The fourth-order valence-corrected chi connectivity index (χ4v) is 3.10. The fourth-order valence-electron chi connectivity index (χ4n) is 2.19. The minimum Gasteiger partial charge on any atom is -0.472 e. The number of anilines is 1. The van der Waals surface area contributed by atoms with Crippen molar-refractivity contribution < 1.29 is 18.7 Å². The third-order valence-electron chi connectivity index (χ3n) is 3.24. The van der Waals surface area contributed by atoms with Gasteiger partial charge in [0.2, 0.25) is 5.91 Å². The molecule has 0 saturated carbocycles. The van der Waals surface area contributed by atoms with Gasteiger partial charge in [0.1, 0.15) is 0 Å². The largest absolute Gasteiger partial charge is 0.472 e. The molecule has 0 unspecified atom stereocenters. The molecule has 0 radical (unpaired) electrons. The number of fused-ring (bicyclic) bond motifs is 1. The number of thioether (sulfide) groups is 1. The van der Waals surface area contributed by atoms with Crippen LogP contribution in [0, 0.1) is 0 Å². The molecule has 0 atom stereocenters. The zero-order valence-corrected chi connectivity index (χ0v) is 12.2. The zero-order valence-electron chi connectivity index (χ0n) is 11.4. The fraction of sp³-hybridized carbons (Fsp3) is 0.200. The molecule has 1 amide bonds. The summed E-state index contributed by atoms with van der Waals surface area (Å²) in [6.07, 6.45) is 3.18. The van der Waals surface area contributed by atoms with Crippen molar-refractivity contribution in [1.29, 1.82) is 0 Å². The molecule has 5 nitrogen and oxygen atoms in total. The van der Waals surface area contributed by atoms with E-state index in [2.05, 4.69) is 0 Å². The van der Waals surface area contributed by atoms with Gasteiger partial charge in [-0.2, -0.15) is 0 Å². The Hall–Kier alpha value is -2.21. The Labute approximate surface area is 125 Å². The lowest BCUT2D eigenvalue weighted by atomic mass is 10.1. The Kier molecular flexibility index (Phi) is 3.70. The van der Waals surface area contributed by atoms with E-state index in [0.29, 0.717) is 17.9 Å². The summed E-state index contributed by atoms with van der Waals surface area (Å²) in [4.78, 5) is 26.5. The number of rotatable bonds is 3. The number of furan rings is 1. The van der Waals surface area contributed by atoms with Crippen molar-refractivity contribution in [2.75, 3.05) is 17.8 Å². The summed E-state index contributed by atoms with van der Waals surface area (Å²) in [5.41, 5.74) is 2.08. The number of carbonyl (C=O) groups is 2. The van der Waals surface area contributed by atoms with Crippen LogP contribution in [0.3, 0.4) is 0 Å². The van der Waals surface area contributed by atoms with Crippen molar-refractivity contribution in [1.82, 2.24) is 0 Å². The number of hydrogen-bond acceptors (Lipinski definition) is 5. The van der Waals surface area contributed by atoms with E-state index in [1.165, 1.54) is 18.9 Å². The summed E-state index contributed by atoms with van der Waals surface area (Å²) >= 11 is 1.47. The molecular formula is C15H13NO4S. The first-order valence-corrected chi connectivity index (χ1v) is 7.34. The lowest BCUT2D eigenvalue weighted by Crippen LogP contribution is -2.34. The predicted octanol–water partition coefficient (Wildman–Crippen LogP) is 2.71. The van der Waals surface area contributed by atoms with Crippen LogP contribution < -0.4 is 4.90 Å². The number of esters is 1. The second-order valence-electron chi connectivity index (χ2n) is 4.57. The molecule has 0 fully saturated rings. The lowest BCUT2D eigenvalue weighted by molar-refractivity contribution is -0.116. The van der Waals surface area contributed by atoms with E-state index in [4.69, 9.17) is 9.15 Å². The van der Waals surface area contributed by atoms with Gasteiger partial charge >= 0.3 is 5.97 Å². The third kappa shape index (κ3) is 2.67. The second-order valence-corrected chi connectivity index (χ2v) is 5.59. The van der Waals surface area contributed by atoms with E-state index in [-0.39, 0.29) is 5.91 Å². The number of methoxy groups -OCH3 is 1. The summed E-state index contributed by atoms with van der Waals surface area (Å²) < 4.78 is 9.77. The summed E-state index contributed by atoms with van der Waals surface area (Å²) in [7, 11) is 1.34. The molecule has 1 aliphatic rings. The van der Waals surface area contributed by atoms with Crippen LogP contribution >= 0.6 is 11.8 Å². The highest BCUT2D eigenvalue weighted by atomic mass is 32.2. The maximum absolute atomic E-state index is 12.2. The molecule has 3 rings (SSSR count). The third-order valence-corrected chi connectivity index (χ3v) is 4.29. The van der Waals surface area contributed by atoms with Crippen LogP contribution in [-0.2, 0) is 16.1 Å². The predicted molar refractivity (Wildman–Crippen MR) is 78.4 cm³/mol. The van der Waals surface area contributed by atoms with E-state index in [0.717, 1.165) is 16.1 Å². The second kappa shape index (κ2) is 5.65. The summed E-state index contributed by atoms with van der Waals surface area (Å²) in [6, 6.07) is 7.08. The van der Waals surface area contributed by atoms with Crippen molar-refractivity contribution in [3.8, 4) is 0 Å². The average Bonchev–Trinajstić information content (AvgIpc) is 3.02. The average molecular weight is 303 g/mol. The molecule has 1 aromatic carbocycles. The molecule has 0 N–H and O–H groups in total. The Balaban J connectivity index is 1.98. The van der Waals surface area contributed by atoms with Crippen molar-refractivity contribution in [3.05, 3.63) is 47.9 Å². The van der Waals surface area contributed by atoms with E-state index in [9.17, 15) is 9.59 Å². The van der Waals surface area contributed by atoms with Crippen LogP contribution in [0.1, 0.15) is 15.9 Å². The van der Waals surface area contributed by atoms with Crippen LogP contribution in [0.15, 0.2) is 46.1 Å². The van der Waals surface area contributed by atoms with Crippen molar-refractivity contribution in [3.63, 3.8) is 0 Å². The number of amides is 1. The Morgan fingerprint density at radius 2 is 2.29 bits per heavy atom. The number of ether oxygens (including phenoxy) is 1. The summed E-state index contributed by atoms with van der Waals surface area (Å²) in [5.74, 6) is -0.0117. The molecule has 0 spiro atoms. The molecule has 0 bridgehead atoms. The first-order chi connectivity index (χ1) is 10.2. The molecule has 1 aliphatic heterocycles. The van der Waals surface area contributed by atoms with Gasteiger partial charge in [-0.25, -0.2) is 4.79 Å². The first-order valence-electron chi connectivity index (χ1n) is 6.35. The number of hydrogen-bond donors (Lipinski definition) is 0. The molecule has 1 aromatic heterocycles. The molecule has 0 saturated heterocycles. The maximum atomic E-state index is 12.2. The van der Waals surface area contributed by atoms with Gasteiger partial charge in [-0.05, 0) is 24.3 Å². The van der Waals surface area contributed by atoms with Crippen LogP contribution in [-0.4, -0.2) is 24.7 Å². The van der Waals surface area contributed by atoms with Crippen molar-refractivity contribution in [2.24, 2.45) is 0 Å². The van der Waals surface area contributed by atoms with Crippen LogP contribution in [0.2, 0.25) is 0 Å². The SMILES string of the molecule is COC(=O)c1ccc2c(c1)N(Cc1ccoc1)C(=O)CS2. The van der Waals surface area contributed by atoms with Gasteiger partial charge in [0.15, 0.2) is 0 Å². The van der Waals surface area contributed by atoms with Gasteiger partial charge in [0.25, 0.3) is 0 Å². The summed E-state index contributed by atoms with van der Waals surface area (Å²) in [5, 5.41) is 0. The topological polar surface area (TPSA) is 59.8 Å². The minimum atomic E-state index is -0.413. The smallest absolute Gasteiger partial charge is 0.337 e. The number of carbonyl (C=O) groups excluding carboxylic acids is 2. The molecule has 108 valence electrons. The lowest BCUT2D eigenvalue weighted by Gasteiger charge is -2.29. The molecule has 6 heteroatoms. The minimum absolute atomic E-state index is 0.00992. The normalized spacial score (nSPS) is 14.0. The van der Waals surface area contributed by atoms with Crippen LogP contribution in [0.25, 0.3) is 0 Å². The molecule has 0 aliphatic carbocycles. The van der Waals surface area contributed by atoms with Gasteiger partial charge in [-0.1, -0.05) is 0 Å². The Morgan fingerprint density at radius 1 is 1.43 bits per heavy atom. The molecule has 21 heavy (non-hydrogen) atoms. The molecular weight excluding hydrogens is 290 g/mol. The van der Waals surface area contributed by atoms with E-state index >= 15 is 0 Å². The standard InChI is InChI=1S/C15H13NO4S/c1-19-15(18)11-2-3-13-12(6-11)16(14(17)9-21-13)7-10-4-5-20-8-10/h2-6,8H,7,9H2,1H3. The monoisotopic (exact) mass is 303 g/mol. The summed E-state index contributed by atoms with van der Waals surface area (Å²) in [6.45, 7) is 0.424. The Bertz CT molecular complexity index is 681. The number of benzene rings is 1. The van der Waals surface area contributed by atoms with Crippen molar-refractivity contribution >= 4 is 29.3 Å². The quantitative estimate of drug-likeness (QED) is 0.816. The molecule has 2 heterocycles. The van der Waals surface area contributed by atoms with E-state index in [1.54, 1.807) is 29.6 Å². The Morgan fingerprint density at radius 3 is 3.00 bits per heavy atom. The zero-order chi connectivity index (χ0) is 14.8. The highest BCUT2D eigenvalue weighted by Crippen LogP contribution is 2.37. The van der Waals surface area contributed by atoms with Crippen molar-refractivity contribution in [2.45, 2.75) is 11.4 Å². The van der Waals surface area contributed by atoms with Crippen LogP contribution in [0.4, 0.5) is 5.69 Å². The highest BCUT2D eigenvalue weighted by molar-refractivity contribution is 8.00. The van der Waals surface area contributed by atoms with E-state index < -0.39 is 5.97 Å². The van der Waals surface area contributed by atoms with Gasteiger partial charge < -0.3 is 14.1 Å². The first kappa shape index (κ1) is 13.8. The van der Waals surface area contributed by atoms with E-state index in [1.807, 2.05) is 12.1 Å². The van der Waals surface area contributed by atoms with Gasteiger partial charge in [0, 0.05) is 10.5 Å². The van der Waals surface area contributed by atoms with Gasteiger partial charge in [-0.15, -0.1) is 11.8 Å². The molecule has 2 aromatic rings. The van der Waals surface area contributed by atoms with Gasteiger partial charge in [0.05, 0.1) is 43.2 Å². The van der Waals surface area contributed by atoms with Crippen LogP contribution in [0.5, 0.6) is 0 Å². The maximum Gasteiger partial charge on any atom is 0.337 e. The van der Waals surface area contributed by atoms with Gasteiger partial charge in [-0.3, -0.25) is 4.79 Å². The number of nitrogens with zero attached hydrogens (tertiary/aromatic N) is 1.